The predicted molar refractivity (Wildman–Crippen MR) is 85.7 cm³/mol. The van der Waals surface area contributed by atoms with Crippen molar-refractivity contribution in [2.75, 3.05) is 18.9 Å². The van der Waals surface area contributed by atoms with Crippen LogP contribution in [0.3, 0.4) is 0 Å². The number of para-hydroxylation sites is 1. The molecule has 2 nitrogen and oxygen atoms in total. The minimum Gasteiger partial charge on any atom is -0.302 e. The number of alkyl halides is 1. The number of halogens is 1. The van der Waals surface area contributed by atoms with E-state index in [-0.39, 0.29) is 0 Å². The lowest BCUT2D eigenvalue weighted by molar-refractivity contribution is 0.319. The fourth-order valence-corrected chi connectivity index (χ4v) is 2.71. The molecule has 0 saturated heterocycles. The molecule has 19 heavy (non-hydrogen) atoms. The molecule has 0 aliphatic heterocycles. The highest BCUT2D eigenvalue weighted by molar-refractivity contribution is 9.09. The van der Waals surface area contributed by atoms with Crippen molar-refractivity contribution in [3.8, 4) is 0 Å². The fraction of sp³-hybridized carbons (Fsp3) is 0.438. The van der Waals surface area contributed by atoms with Crippen LogP contribution in [0.15, 0.2) is 36.5 Å². The molecule has 0 aliphatic carbocycles. The number of unbranched alkanes of at least 4 members (excludes halogenated alkanes) is 2. The van der Waals surface area contributed by atoms with E-state index in [1.165, 1.54) is 30.2 Å². The quantitative estimate of drug-likeness (QED) is 0.560. The van der Waals surface area contributed by atoms with E-state index in [9.17, 15) is 0 Å². The predicted octanol–water partition coefficient (Wildman–Crippen LogP) is 4.23. The standard InChI is InChI=1S/C16H21BrN2/c1-19(12-4-2-3-10-17)13-15-8-5-7-14-9-6-11-18-16(14)15/h5-9,11H,2-4,10,12-13H2,1H3. The van der Waals surface area contributed by atoms with Crippen LogP contribution in [0.4, 0.5) is 0 Å². The van der Waals surface area contributed by atoms with Crippen LogP contribution in [0, 0.1) is 0 Å². The molecule has 0 fully saturated rings. The van der Waals surface area contributed by atoms with Gasteiger partial charge in [0.2, 0.25) is 0 Å². The van der Waals surface area contributed by atoms with Gasteiger partial charge in [-0.1, -0.05) is 46.6 Å². The van der Waals surface area contributed by atoms with Crippen molar-refractivity contribution in [3.05, 3.63) is 42.1 Å². The summed E-state index contributed by atoms with van der Waals surface area (Å²) >= 11 is 3.48. The van der Waals surface area contributed by atoms with Crippen LogP contribution in [-0.2, 0) is 6.54 Å². The molecule has 0 saturated carbocycles. The first kappa shape index (κ1) is 14.5. The molecule has 2 aromatic rings. The van der Waals surface area contributed by atoms with Crippen LogP contribution in [0.2, 0.25) is 0 Å². The number of hydrogen-bond donors (Lipinski definition) is 0. The van der Waals surface area contributed by atoms with Crippen molar-refractivity contribution < 1.29 is 0 Å². The molecule has 0 unspecified atom stereocenters. The zero-order chi connectivity index (χ0) is 13.5. The normalized spacial score (nSPS) is 11.3. The Morgan fingerprint density at radius 2 is 1.95 bits per heavy atom. The third kappa shape index (κ3) is 4.29. The molecule has 0 spiro atoms. The summed E-state index contributed by atoms with van der Waals surface area (Å²) in [4.78, 5) is 6.90. The second-order valence-electron chi connectivity index (χ2n) is 4.98. The number of fused-ring (bicyclic) bond motifs is 1. The molecule has 102 valence electrons. The van der Waals surface area contributed by atoms with E-state index in [2.05, 4.69) is 57.1 Å². The number of rotatable bonds is 7. The van der Waals surface area contributed by atoms with Crippen molar-refractivity contribution in [2.24, 2.45) is 0 Å². The topological polar surface area (TPSA) is 16.1 Å². The number of hydrogen-bond acceptors (Lipinski definition) is 2. The highest BCUT2D eigenvalue weighted by Gasteiger charge is 2.05. The molecule has 0 bridgehead atoms. The summed E-state index contributed by atoms with van der Waals surface area (Å²) in [7, 11) is 2.19. The third-order valence-corrected chi connectivity index (χ3v) is 3.89. The van der Waals surface area contributed by atoms with E-state index in [1.807, 2.05) is 12.3 Å². The van der Waals surface area contributed by atoms with Gasteiger partial charge in [0.05, 0.1) is 5.52 Å². The van der Waals surface area contributed by atoms with Crippen molar-refractivity contribution >= 4 is 26.8 Å². The van der Waals surface area contributed by atoms with Gasteiger partial charge in [0, 0.05) is 23.5 Å². The lowest BCUT2D eigenvalue weighted by Crippen LogP contribution is -2.19. The van der Waals surface area contributed by atoms with Crippen molar-refractivity contribution in [1.82, 2.24) is 9.88 Å². The maximum atomic E-state index is 4.51. The monoisotopic (exact) mass is 320 g/mol. The Bertz CT molecular complexity index is 508. The van der Waals surface area contributed by atoms with E-state index < -0.39 is 0 Å². The first-order chi connectivity index (χ1) is 9.31. The van der Waals surface area contributed by atoms with Crippen molar-refractivity contribution in [1.29, 1.82) is 0 Å². The fourth-order valence-electron chi connectivity index (χ4n) is 2.32. The highest BCUT2D eigenvalue weighted by Crippen LogP contribution is 2.17. The van der Waals surface area contributed by atoms with Gasteiger partial charge in [0.15, 0.2) is 0 Å². The molecule has 3 heteroatoms. The van der Waals surface area contributed by atoms with Crippen LogP contribution < -0.4 is 0 Å². The number of aromatic nitrogens is 1. The first-order valence-corrected chi connectivity index (χ1v) is 8.00. The second kappa shape index (κ2) is 7.61. The van der Waals surface area contributed by atoms with Crippen LogP contribution >= 0.6 is 15.9 Å². The molecule has 1 aromatic heterocycles. The Morgan fingerprint density at radius 3 is 2.79 bits per heavy atom. The van der Waals surface area contributed by atoms with Gasteiger partial charge in [-0.15, -0.1) is 0 Å². The largest absolute Gasteiger partial charge is 0.302 e. The maximum absolute atomic E-state index is 4.51. The average Bonchev–Trinajstić information content (AvgIpc) is 2.44. The van der Waals surface area contributed by atoms with Crippen molar-refractivity contribution in [3.63, 3.8) is 0 Å². The van der Waals surface area contributed by atoms with Crippen molar-refractivity contribution in [2.45, 2.75) is 25.8 Å². The summed E-state index contributed by atoms with van der Waals surface area (Å²) in [6, 6.07) is 10.6. The van der Waals surface area contributed by atoms with E-state index in [0.717, 1.165) is 23.9 Å². The molecule has 0 N–H and O–H groups in total. The molecular weight excluding hydrogens is 300 g/mol. The first-order valence-electron chi connectivity index (χ1n) is 6.88. The lowest BCUT2D eigenvalue weighted by atomic mass is 10.1. The molecule has 0 amide bonds. The Labute approximate surface area is 124 Å². The SMILES string of the molecule is CN(CCCCCBr)Cc1cccc2cccnc12. The van der Waals surface area contributed by atoms with Crippen LogP contribution in [0.25, 0.3) is 10.9 Å². The van der Waals surface area contributed by atoms with Gasteiger partial charge < -0.3 is 4.90 Å². The van der Waals surface area contributed by atoms with Gasteiger partial charge in [0.1, 0.15) is 0 Å². The Balaban J connectivity index is 1.97. The Hall–Kier alpha value is -0.930. The van der Waals surface area contributed by atoms with E-state index >= 15 is 0 Å². The zero-order valence-corrected chi connectivity index (χ0v) is 13.1. The van der Waals surface area contributed by atoms with E-state index in [0.29, 0.717) is 0 Å². The summed E-state index contributed by atoms with van der Waals surface area (Å²) in [5.41, 5.74) is 2.46. The minimum atomic E-state index is 0.975. The van der Waals surface area contributed by atoms with Gasteiger partial charge in [-0.25, -0.2) is 0 Å². The number of pyridine rings is 1. The van der Waals surface area contributed by atoms with Gasteiger partial charge >= 0.3 is 0 Å². The van der Waals surface area contributed by atoms with Crippen LogP contribution in [-0.4, -0.2) is 28.8 Å². The Kier molecular flexibility index (Phi) is 5.80. The van der Waals surface area contributed by atoms with E-state index in [1.54, 1.807) is 0 Å². The lowest BCUT2D eigenvalue weighted by Gasteiger charge is -2.17. The second-order valence-corrected chi connectivity index (χ2v) is 5.77. The molecule has 1 aromatic carbocycles. The molecule has 1 heterocycles. The number of benzene rings is 1. The van der Waals surface area contributed by atoms with Gasteiger partial charge in [-0.2, -0.15) is 0 Å². The maximum Gasteiger partial charge on any atom is 0.0746 e. The smallest absolute Gasteiger partial charge is 0.0746 e. The molecular formula is C16H21BrN2. The average molecular weight is 321 g/mol. The van der Waals surface area contributed by atoms with Gasteiger partial charge in [-0.3, -0.25) is 4.98 Å². The highest BCUT2D eigenvalue weighted by atomic mass is 79.9. The molecule has 0 radical (unpaired) electrons. The zero-order valence-electron chi connectivity index (χ0n) is 11.5. The van der Waals surface area contributed by atoms with Crippen LogP contribution in [0.1, 0.15) is 24.8 Å². The molecule has 2 rings (SSSR count). The van der Waals surface area contributed by atoms with Gasteiger partial charge in [0.25, 0.3) is 0 Å². The number of nitrogens with zero attached hydrogens (tertiary/aromatic N) is 2. The molecule has 0 aliphatic rings. The summed E-state index contributed by atoms with van der Waals surface area (Å²) in [5.74, 6) is 0. The van der Waals surface area contributed by atoms with E-state index in [4.69, 9.17) is 0 Å². The summed E-state index contributed by atoms with van der Waals surface area (Å²) in [5, 5.41) is 2.34. The third-order valence-electron chi connectivity index (χ3n) is 3.33. The van der Waals surface area contributed by atoms with Crippen LogP contribution in [0.5, 0.6) is 0 Å². The Morgan fingerprint density at radius 1 is 1.11 bits per heavy atom. The summed E-state index contributed by atoms with van der Waals surface area (Å²) in [6.07, 6.45) is 5.70. The minimum absolute atomic E-state index is 0.975. The van der Waals surface area contributed by atoms with Gasteiger partial charge in [-0.05, 0) is 38.1 Å². The summed E-state index contributed by atoms with van der Waals surface area (Å²) in [6.45, 7) is 2.12. The summed E-state index contributed by atoms with van der Waals surface area (Å²) < 4.78 is 0. The molecule has 0 atom stereocenters.